The lowest BCUT2D eigenvalue weighted by atomic mass is 9.97. The summed E-state index contributed by atoms with van der Waals surface area (Å²) in [6.45, 7) is 1.63. The zero-order chi connectivity index (χ0) is 13.7. The van der Waals surface area contributed by atoms with Gasteiger partial charge in [-0.2, -0.15) is 0 Å². The Balaban J connectivity index is 1.93. The fourth-order valence-electron chi connectivity index (χ4n) is 2.55. The van der Waals surface area contributed by atoms with Gasteiger partial charge in [0.05, 0.1) is 12.7 Å². The number of nitrogens with zero attached hydrogens (tertiary/aromatic N) is 1. The first kappa shape index (κ1) is 15.2. The molecule has 1 saturated heterocycles. The number of halogens is 1. The zero-order valence-corrected chi connectivity index (χ0v) is 12.9. The average molecular weight is 377 g/mol. The van der Waals surface area contributed by atoms with E-state index in [9.17, 15) is 10.2 Å². The molecule has 5 heteroatoms. The summed E-state index contributed by atoms with van der Waals surface area (Å²) < 4.78 is 5.28. The van der Waals surface area contributed by atoms with E-state index in [4.69, 9.17) is 3.07 Å². The maximum atomic E-state index is 9.91. The molecular formula is C14H20INO3. The van der Waals surface area contributed by atoms with Crippen molar-refractivity contribution in [3.63, 3.8) is 0 Å². The van der Waals surface area contributed by atoms with Crippen molar-refractivity contribution in [1.82, 2.24) is 4.90 Å². The summed E-state index contributed by atoms with van der Waals surface area (Å²) in [6, 6.07) is 10.3. The summed E-state index contributed by atoms with van der Waals surface area (Å²) in [7, 11) is 0. The summed E-state index contributed by atoms with van der Waals surface area (Å²) in [6.07, 6.45) is 0.863. The molecule has 1 aromatic rings. The van der Waals surface area contributed by atoms with Gasteiger partial charge in [-0.25, -0.2) is 0 Å². The van der Waals surface area contributed by atoms with Gasteiger partial charge < -0.3 is 13.3 Å². The van der Waals surface area contributed by atoms with Gasteiger partial charge in [0.25, 0.3) is 0 Å². The van der Waals surface area contributed by atoms with E-state index in [-0.39, 0.29) is 18.8 Å². The monoisotopic (exact) mass is 377 g/mol. The standard InChI is InChI=1S/C14H20INO3/c15-19-14-9-16(12(10-17)8-13(14)18)7-6-11-4-2-1-3-5-11/h1-5,12-14,17-18H,6-10H2/t12-,13+,14+/m1/s1. The Kier molecular flexibility index (Phi) is 6.03. The van der Waals surface area contributed by atoms with Crippen LogP contribution >= 0.6 is 23.0 Å². The Morgan fingerprint density at radius 2 is 2.05 bits per heavy atom. The maximum absolute atomic E-state index is 9.91. The molecule has 106 valence electrons. The Bertz CT molecular complexity index is 376. The van der Waals surface area contributed by atoms with Crippen LogP contribution in [0.15, 0.2) is 30.3 Å². The number of likely N-dealkylation sites (tertiary alicyclic amines) is 1. The van der Waals surface area contributed by atoms with Gasteiger partial charge in [-0.3, -0.25) is 4.90 Å². The van der Waals surface area contributed by atoms with Crippen molar-refractivity contribution in [2.24, 2.45) is 0 Å². The summed E-state index contributed by atoms with van der Waals surface area (Å²) in [5.41, 5.74) is 1.29. The first-order chi connectivity index (χ1) is 9.24. The number of hydrogen-bond acceptors (Lipinski definition) is 4. The molecule has 0 aromatic heterocycles. The molecule has 2 rings (SSSR count). The Morgan fingerprint density at radius 3 is 2.68 bits per heavy atom. The molecule has 0 amide bonds. The minimum atomic E-state index is -0.484. The van der Waals surface area contributed by atoms with Crippen molar-refractivity contribution in [3.8, 4) is 0 Å². The molecule has 0 unspecified atom stereocenters. The van der Waals surface area contributed by atoms with E-state index in [1.807, 2.05) is 41.2 Å². The second-order valence-electron chi connectivity index (χ2n) is 5.00. The lowest BCUT2D eigenvalue weighted by Gasteiger charge is -2.40. The van der Waals surface area contributed by atoms with E-state index in [1.54, 1.807) is 0 Å². The number of hydrogen-bond donors (Lipinski definition) is 2. The highest BCUT2D eigenvalue weighted by atomic mass is 127. The Morgan fingerprint density at radius 1 is 1.32 bits per heavy atom. The van der Waals surface area contributed by atoms with Crippen molar-refractivity contribution in [2.45, 2.75) is 31.1 Å². The molecule has 0 saturated carbocycles. The lowest BCUT2D eigenvalue weighted by Crippen LogP contribution is -2.54. The van der Waals surface area contributed by atoms with Crippen molar-refractivity contribution in [2.75, 3.05) is 19.7 Å². The fraction of sp³-hybridized carbons (Fsp3) is 0.571. The van der Waals surface area contributed by atoms with E-state index in [1.165, 1.54) is 5.56 Å². The minimum Gasteiger partial charge on any atom is -0.395 e. The average Bonchev–Trinajstić information content (AvgIpc) is 2.46. The predicted octanol–water partition coefficient (Wildman–Crippen LogP) is 1.39. The van der Waals surface area contributed by atoms with Gasteiger partial charge in [-0.1, -0.05) is 30.3 Å². The largest absolute Gasteiger partial charge is 0.395 e. The Labute approximate surface area is 128 Å². The minimum absolute atomic E-state index is 0.0292. The molecule has 0 spiro atoms. The van der Waals surface area contributed by atoms with Crippen LogP contribution in [0, 0.1) is 0 Å². The second-order valence-corrected chi connectivity index (χ2v) is 5.51. The normalized spacial score (nSPS) is 28.5. The zero-order valence-electron chi connectivity index (χ0n) is 10.8. The third-order valence-corrected chi connectivity index (χ3v) is 4.38. The van der Waals surface area contributed by atoms with Crippen LogP contribution in [0.25, 0.3) is 0 Å². The molecular weight excluding hydrogens is 357 g/mol. The van der Waals surface area contributed by atoms with Gasteiger partial charge in [0.2, 0.25) is 0 Å². The van der Waals surface area contributed by atoms with E-state index < -0.39 is 6.10 Å². The molecule has 0 radical (unpaired) electrons. The van der Waals surface area contributed by atoms with Gasteiger partial charge in [0.1, 0.15) is 29.1 Å². The van der Waals surface area contributed by atoms with Crippen LogP contribution in [0.4, 0.5) is 0 Å². The third-order valence-electron chi connectivity index (χ3n) is 3.73. The summed E-state index contributed by atoms with van der Waals surface area (Å²) in [5, 5.41) is 19.3. The van der Waals surface area contributed by atoms with Crippen LogP contribution < -0.4 is 0 Å². The lowest BCUT2D eigenvalue weighted by molar-refractivity contribution is -0.0451. The first-order valence-electron chi connectivity index (χ1n) is 6.59. The highest BCUT2D eigenvalue weighted by Crippen LogP contribution is 2.22. The van der Waals surface area contributed by atoms with Crippen molar-refractivity contribution >= 4 is 23.0 Å². The van der Waals surface area contributed by atoms with Gasteiger partial charge in [0, 0.05) is 19.1 Å². The van der Waals surface area contributed by atoms with Gasteiger partial charge in [-0.15, -0.1) is 0 Å². The maximum Gasteiger partial charge on any atom is 0.110 e. The topological polar surface area (TPSA) is 52.9 Å². The number of aliphatic hydroxyl groups excluding tert-OH is 2. The number of aliphatic hydroxyl groups is 2. The SMILES string of the molecule is OC[C@H]1C[C@H](O)[C@@H](OI)CN1CCc1ccccc1. The van der Waals surface area contributed by atoms with E-state index >= 15 is 0 Å². The van der Waals surface area contributed by atoms with Crippen LogP contribution in [0.1, 0.15) is 12.0 Å². The van der Waals surface area contributed by atoms with E-state index in [2.05, 4.69) is 17.0 Å². The van der Waals surface area contributed by atoms with Crippen molar-refractivity contribution < 1.29 is 13.3 Å². The fourth-order valence-corrected chi connectivity index (χ4v) is 3.05. The highest BCUT2D eigenvalue weighted by molar-refractivity contribution is 14.1. The molecule has 2 N–H and O–H groups in total. The van der Waals surface area contributed by atoms with Gasteiger partial charge in [-0.05, 0) is 18.4 Å². The van der Waals surface area contributed by atoms with Crippen LogP contribution in [0.5, 0.6) is 0 Å². The van der Waals surface area contributed by atoms with Gasteiger partial charge in [0.15, 0.2) is 0 Å². The molecule has 1 heterocycles. The highest BCUT2D eigenvalue weighted by Gasteiger charge is 2.34. The second kappa shape index (κ2) is 7.54. The molecule has 1 aromatic carbocycles. The smallest absolute Gasteiger partial charge is 0.110 e. The van der Waals surface area contributed by atoms with Gasteiger partial charge >= 0.3 is 0 Å². The van der Waals surface area contributed by atoms with E-state index in [0.717, 1.165) is 13.0 Å². The third kappa shape index (κ3) is 4.13. The van der Waals surface area contributed by atoms with Crippen molar-refractivity contribution in [3.05, 3.63) is 35.9 Å². The summed E-state index contributed by atoms with van der Waals surface area (Å²) in [5.74, 6) is 0. The number of benzene rings is 1. The van der Waals surface area contributed by atoms with E-state index in [0.29, 0.717) is 13.0 Å². The molecule has 1 fully saturated rings. The molecule has 19 heavy (non-hydrogen) atoms. The molecule has 3 atom stereocenters. The van der Waals surface area contributed by atoms with Crippen LogP contribution in [0.3, 0.4) is 0 Å². The van der Waals surface area contributed by atoms with Crippen LogP contribution in [-0.4, -0.2) is 53.1 Å². The Hall–Kier alpha value is -0.210. The quantitative estimate of drug-likeness (QED) is 0.762. The number of piperidine rings is 1. The first-order valence-corrected chi connectivity index (χ1v) is 7.47. The van der Waals surface area contributed by atoms with Crippen LogP contribution in [0.2, 0.25) is 0 Å². The molecule has 1 aliphatic rings. The molecule has 0 bridgehead atoms. The number of rotatable bonds is 5. The van der Waals surface area contributed by atoms with Crippen LogP contribution in [-0.2, 0) is 9.49 Å². The summed E-state index contributed by atoms with van der Waals surface area (Å²) in [4.78, 5) is 2.21. The molecule has 1 aliphatic heterocycles. The summed E-state index contributed by atoms with van der Waals surface area (Å²) >= 11 is 1.84. The molecule has 0 aliphatic carbocycles. The van der Waals surface area contributed by atoms with Crippen molar-refractivity contribution in [1.29, 1.82) is 0 Å². The molecule has 4 nitrogen and oxygen atoms in total. The predicted molar refractivity (Wildman–Crippen MR) is 82.1 cm³/mol.